The molecular formula is C24H47NO4. The molecular weight excluding hydrogens is 366 g/mol. The molecule has 172 valence electrons. The molecule has 0 aromatic heterocycles. The van der Waals surface area contributed by atoms with E-state index in [-0.39, 0.29) is 6.42 Å². The van der Waals surface area contributed by atoms with Gasteiger partial charge in [-0.25, -0.2) is 0 Å². The summed E-state index contributed by atoms with van der Waals surface area (Å²) in [5, 5.41) is 0. The molecule has 0 bridgehead atoms. The highest BCUT2D eigenvalue weighted by atomic mass is 16.5. The Hall–Kier alpha value is -1.10. The molecule has 0 unspecified atom stereocenters. The predicted octanol–water partition coefficient (Wildman–Crippen LogP) is 6.07. The first-order valence-corrected chi connectivity index (χ1v) is 12.2. The van der Waals surface area contributed by atoms with Crippen LogP contribution in [0, 0.1) is 0 Å². The highest BCUT2D eigenvalue weighted by molar-refractivity contribution is 5.82. The minimum atomic E-state index is -0.921. The maximum Gasteiger partial charge on any atom is 0.323 e. The number of hydrogen-bond acceptors (Lipinski definition) is 5. The predicted molar refractivity (Wildman–Crippen MR) is 120 cm³/mol. The van der Waals surface area contributed by atoms with Crippen molar-refractivity contribution < 1.29 is 19.1 Å². The van der Waals surface area contributed by atoms with Crippen LogP contribution in [-0.2, 0) is 19.1 Å². The van der Waals surface area contributed by atoms with E-state index in [1.165, 1.54) is 77.0 Å². The topological polar surface area (TPSA) is 78.6 Å². The summed E-state index contributed by atoms with van der Waals surface area (Å²) in [7, 11) is 0. The van der Waals surface area contributed by atoms with Crippen LogP contribution in [0.1, 0.15) is 123 Å². The Bertz CT molecular complexity index is 387. The molecule has 0 aliphatic carbocycles. The Labute approximate surface area is 179 Å². The van der Waals surface area contributed by atoms with Crippen molar-refractivity contribution in [3.05, 3.63) is 0 Å². The average Bonchev–Trinajstić information content (AvgIpc) is 2.71. The molecule has 0 aromatic rings. The minimum Gasteiger partial charge on any atom is -0.466 e. The fraction of sp³-hybridized carbons (Fsp3) is 0.917. The summed E-state index contributed by atoms with van der Waals surface area (Å²) in [5.74, 6) is -0.915. The average molecular weight is 414 g/mol. The standard InChI is InChI=1S/C24H47NO4/c1-3-5-7-9-11-13-15-17-19-28-23(26)21-22(25)24(27)29-20-18-16-14-12-10-8-6-4-2/h22H,3-21,25H2,1-2H3/t22-/m0/s1. The monoisotopic (exact) mass is 413 g/mol. The number of rotatable bonds is 21. The van der Waals surface area contributed by atoms with E-state index in [1.54, 1.807) is 0 Å². The Balaban J connectivity index is 3.50. The molecule has 0 aromatic carbocycles. The quantitative estimate of drug-likeness (QED) is 0.182. The summed E-state index contributed by atoms with van der Waals surface area (Å²) >= 11 is 0. The summed E-state index contributed by atoms with van der Waals surface area (Å²) in [6.07, 6.45) is 19.0. The van der Waals surface area contributed by atoms with E-state index >= 15 is 0 Å². The molecule has 0 heterocycles. The molecule has 29 heavy (non-hydrogen) atoms. The summed E-state index contributed by atoms with van der Waals surface area (Å²) < 4.78 is 10.4. The summed E-state index contributed by atoms with van der Waals surface area (Å²) in [5.41, 5.74) is 5.76. The third-order valence-electron chi connectivity index (χ3n) is 5.19. The lowest BCUT2D eigenvalue weighted by molar-refractivity contribution is -0.152. The zero-order valence-corrected chi connectivity index (χ0v) is 19.2. The van der Waals surface area contributed by atoms with E-state index in [9.17, 15) is 9.59 Å². The SMILES string of the molecule is CCCCCCCCCCOC(=O)C[C@H](N)C(=O)OCCCCCCCCCC. The molecule has 2 N–H and O–H groups in total. The van der Waals surface area contributed by atoms with Gasteiger partial charge in [-0.05, 0) is 12.8 Å². The third-order valence-corrected chi connectivity index (χ3v) is 5.19. The van der Waals surface area contributed by atoms with Crippen LogP contribution >= 0.6 is 0 Å². The van der Waals surface area contributed by atoms with Crippen molar-refractivity contribution in [3.63, 3.8) is 0 Å². The molecule has 0 saturated heterocycles. The second-order valence-corrected chi connectivity index (χ2v) is 8.15. The van der Waals surface area contributed by atoms with Gasteiger partial charge in [0.2, 0.25) is 0 Å². The van der Waals surface area contributed by atoms with Gasteiger partial charge in [0, 0.05) is 0 Å². The second kappa shape index (κ2) is 21.6. The molecule has 0 fully saturated rings. The van der Waals surface area contributed by atoms with Crippen molar-refractivity contribution in [3.8, 4) is 0 Å². The first kappa shape index (κ1) is 27.9. The smallest absolute Gasteiger partial charge is 0.323 e. The molecule has 0 spiro atoms. The van der Waals surface area contributed by atoms with E-state index < -0.39 is 18.0 Å². The third kappa shape index (κ3) is 20.0. The molecule has 0 aliphatic heterocycles. The van der Waals surface area contributed by atoms with Crippen LogP contribution in [0.25, 0.3) is 0 Å². The molecule has 5 heteroatoms. The lowest BCUT2D eigenvalue weighted by atomic mass is 10.1. The van der Waals surface area contributed by atoms with Crippen molar-refractivity contribution in [2.75, 3.05) is 13.2 Å². The minimum absolute atomic E-state index is 0.104. The lowest BCUT2D eigenvalue weighted by Gasteiger charge is -2.11. The molecule has 1 atom stereocenters. The molecule has 0 aliphatic rings. The molecule has 5 nitrogen and oxygen atoms in total. The largest absolute Gasteiger partial charge is 0.466 e. The highest BCUT2D eigenvalue weighted by Crippen LogP contribution is 2.10. The number of carbonyl (C=O) groups is 2. The van der Waals surface area contributed by atoms with E-state index in [0.29, 0.717) is 13.2 Å². The summed E-state index contributed by atoms with van der Waals surface area (Å²) in [6, 6.07) is -0.921. The van der Waals surface area contributed by atoms with Crippen molar-refractivity contribution in [1.29, 1.82) is 0 Å². The number of ether oxygens (including phenoxy) is 2. The maximum atomic E-state index is 11.9. The Kier molecular flexibility index (Phi) is 20.8. The van der Waals surface area contributed by atoms with Gasteiger partial charge < -0.3 is 15.2 Å². The van der Waals surface area contributed by atoms with Gasteiger partial charge in [0.1, 0.15) is 6.04 Å². The van der Waals surface area contributed by atoms with Gasteiger partial charge in [-0.2, -0.15) is 0 Å². The maximum absolute atomic E-state index is 11.9. The Morgan fingerprint density at radius 2 is 1.00 bits per heavy atom. The normalized spacial score (nSPS) is 12.0. The van der Waals surface area contributed by atoms with Crippen molar-refractivity contribution in [2.24, 2.45) is 5.73 Å². The van der Waals surface area contributed by atoms with Crippen LogP contribution in [0.2, 0.25) is 0 Å². The fourth-order valence-corrected chi connectivity index (χ4v) is 3.26. The van der Waals surface area contributed by atoms with Gasteiger partial charge in [-0.3, -0.25) is 9.59 Å². The van der Waals surface area contributed by atoms with Crippen molar-refractivity contribution in [1.82, 2.24) is 0 Å². The second-order valence-electron chi connectivity index (χ2n) is 8.15. The van der Waals surface area contributed by atoms with E-state index in [1.807, 2.05) is 0 Å². The van der Waals surface area contributed by atoms with Gasteiger partial charge >= 0.3 is 11.9 Å². The van der Waals surface area contributed by atoms with Gasteiger partial charge in [-0.15, -0.1) is 0 Å². The lowest BCUT2D eigenvalue weighted by Crippen LogP contribution is -2.35. The van der Waals surface area contributed by atoms with Crippen molar-refractivity contribution in [2.45, 2.75) is 129 Å². The first-order valence-electron chi connectivity index (χ1n) is 12.2. The number of nitrogens with two attached hydrogens (primary N) is 1. The van der Waals surface area contributed by atoms with Crippen LogP contribution in [0.5, 0.6) is 0 Å². The number of unbranched alkanes of at least 4 members (excludes halogenated alkanes) is 14. The van der Waals surface area contributed by atoms with Gasteiger partial charge in [0.25, 0.3) is 0 Å². The zero-order valence-electron chi connectivity index (χ0n) is 19.2. The first-order chi connectivity index (χ1) is 14.1. The highest BCUT2D eigenvalue weighted by Gasteiger charge is 2.19. The number of esters is 2. The van der Waals surface area contributed by atoms with Crippen LogP contribution < -0.4 is 5.73 Å². The van der Waals surface area contributed by atoms with Gasteiger partial charge in [0.15, 0.2) is 0 Å². The molecule has 0 rings (SSSR count). The molecule has 0 amide bonds. The summed E-state index contributed by atoms with van der Waals surface area (Å²) in [6.45, 7) is 5.23. The van der Waals surface area contributed by atoms with Crippen LogP contribution in [0.4, 0.5) is 0 Å². The van der Waals surface area contributed by atoms with E-state index in [2.05, 4.69) is 13.8 Å². The van der Waals surface area contributed by atoms with E-state index in [4.69, 9.17) is 15.2 Å². The van der Waals surface area contributed by atoms with Gasteiger partial charge in [0.05, 0.1) is 19.6 Å². The Morgan fingerprint density at radius 1 is 0.621 bits per heavy atom. The zero-order chi connectivity index (χ0) is 21.6. The summed E-state index contributed by atoms with van der Waals surface area (Å²) in [4.78, 5) is 23.6. The van der Waals surface area contributed by atoms with Crippen LogP contribution in [-0.4, -0.2) is 31.2 Å². The van der Waals surface area contributed by atoms with Gasteiger partial charge in [-0.1, -0.05) is 104 Å². The number of carbonyl (C=O) groups excluding carboxylic acids is 2. The number of hydrogen-bond donors (Lipinski definition) is 1. The van der Waals surface area contributed by atoms with Crippen LogP contribution in [0.15, 0.2) is 0 Å². The van der Waals surface area contributed by atoms with Crippen molar-refractivity contribution >= 4 is 11.9 Å². The molecule has 0 saturated carbocycles. The van der Waals surface area contributed by atoms with Crippen LogP contribution in [0.3, 0.4) is 0 Å². The fourth-order valence-electron chi connectivity index (χ4n) is 3.26. The Morgan fingerprint density at radius 3 is 1.45 bits per heavy atom. The molecule has 0 radical (unpaired) electrons. The van der Waals surface area contributed by atoms with E-state index in [0.717, 1.165) is 25.7 Å².